The number of fused-ring (bicyclic) bond motifs is 1. The first kappa shape index (κ1) is 11.1. The minimum atomic E-state index is -0.936. The third kappa shape index (κ3) is 1.94. The summed E-state index contributed by atoms with van der Waals surface area (Å²) in [6.07, 6.45) is 0. The van der Waals surface area contributed by atoms with Crippen LogP contribution >= 0.6 is 22.7 Å². The average Bonchev–Trinajstić information content (AvgIpc) is 2.73. The van der Waals surface area contributed by atoms with Gasteiger partial charge in [0.15, 0.2) is 0 Å². The molecule has 0 unspecified atom stereocenters. The molecule has 0 aliphatic carbocycles. The number of thiophene rings is 2. The molecular formula is C10H9NO3S2. The fraction of sp³-hybridized carbons (Fsp3) is 0.200. The number of carbonyl (C=O) groups is 2. The second-order valence-corrected chi connectivity index (χ2v) is 5.21. The summed E-state index contributed by atoms with van der Waals surface area (Å²) in [7, 11) is 0. The van der Waals surface area contributed by atoms with E-state index in [9.17, 15) is 9.59 Å². The van der Waals surface area contributed by atoms with E-state index in [2.05, 4.69) is 5.32 Å². The van der Waals surface area contributed by atoms with Gasteiger partial charge in [0, 0.05) is 23.7 Å². The van der Waals surface area contributed by atoms with E-state index < -0.39 is 5.97 Å². The van der Waals surface area contributed by atoms with E-state index in [-0.39, 0.29) is 12.5 Å². The van der Waals surface area contributed by atoms with Crippen LogP contribution in [0.1, 0.15) is 22.2 Å². The summed E-state index contributed by atoms with van der Waals surface area (Å²) < 4.78 is 1.92. The zero-order chi connectivity index (χ0) is 11.7. The second-order valence-electron chi connectivity index (χ2n) is 3.24. The summed E-state index contributed by atoms with van der Waals surface area (Å²) in [4.78, 5) is 22.2. The fourth-order valence-corrected chi connectivity index (χ4v) is 3.64. The highest BCUT2D eigenvalue weighted by Crippen LogP contribution is 2.35. The lowest BCUT2D eigenvalue weighted by molar-refractivity contribution is -0.119. The maximum absolute atomic E-state index is 11.0. The summed E-state index contributed by atoms with van der Waals surface area (Å²) in [5.41, 5.74) is 0.706. The number of aromatic carboxylic acids is 1. The van der Waals surface area contributed by atoms with E-state index in [1.54, 1.807) is 0 Å². The van der Waals surface area contributed by atoms with Gasteiger partial charge in [0.25, 0.3) is 0 Å². The van der Waals surface area contributed by atoms with Crippen LogP contribution in [0.3, 0.4) is 0 Å². The molecule has 16 heavy (non-hydrogen) atoms. The normalized spacial score (nSPS) is 10.6. The summed E-state index contributed by atoms with van der Waals surface area (Å²) >= 11 is 2.75. The standard InChI is InChI=1S/C10H9NO3S2/c1-5(12)11-4-6-8-7(2-3-15-8)16-9(6)10(13)14/h2-3H,4H2,1H3,(H,11,12)(H,13,14). The van der Waals surface area contributed by atoms with Crippen molar-refractivity contribution < 1.29 is 14.7 Å². The Balaban J connectivity index is 2.44. The quantitative estimate of drug-likeness (QED) is 0.884. The van der Waals surface area contributed by atoms with Crippen molar-refractivity contribution in [2.24, 2.45) is 0 Å². The van der Waals surface area contributed by atoms with Gasteiger partial charge in [0.2, 0.25) is 5.91 Å². The Morgan fingerprint density at radius 3 is 2.88 bits per heavy atom. The molecule has 0 aromatic carbocycles. The molecule has 2 heterocycles. The Bertz CT molecular complexity index is 555. The predicted octanol–water partition coefficient (Wildman–Crippen LogP) is 2.30. The number of nitrogens with one attached hydrogen (secondary N) is 1. The molecule has 0 saturated carbocycles. The first-order valence-corrected chi connectivity index (χ1v) is 6.26. The third-order valence-corrected chi connectivity index (χ3v) is 4.39. The van der Waals surface area contributed by atoms with Gasteiger partial charge in [0.1, 0.15) is 4.88 Å². The van der Waals surface area contributed by atoms with Crippen LogP contribution in [-0.4, -0.2) is 17.0 Å². The van der Waals surface area contributed by atoms with Gasteiger partial charge in [-0.1, -0.05) is 0 Å². The third-order valence-electron chi connectivity index (χ3n) is 2.10. The van der Waals surface area contributed by atoms with Crippen LogP contribution in [-0.2, 0) is 11.3 Å². The van der Waals surface area contributed by atoms with Gasteiger partial charge in [-0.3, -0.25) is 4.79 Å². The largest absolute Gasteiger partial charge is 0.477 e. The first-order valence-electron chi connectivity index (χ1n) is 4.56. The van der Waals surface area contributed by atoms with Crippen LogP contribution in [0, 0.1) is 0 Å². The molecule has 0 atom stereocenters. The molecule has 6 heteroatoms. The summed E-state index contributed by atoms with van der Waals surface area (Å²) in [6, 6.07) is 1.90. The van der Waals surface area contributed by atoms with Gasteiger partial charge in [-0.2, -0.15) is 0 Å². The highest BCUT2D eigenvalue weighted by atomic mass is 32.1. The summed E-state index contributed by atoms with van der Waals surface area (Å²) in [5.74, 6) is -1.10. The molecule has 2 rings (SSSR count). The Labute approximate surface area is 99.5 Å². The molecule has 0 fully saturated rings. The lowest BCUT2D eigenvalue weighted by atomic mass is 10.2. The number of carboxylic acids is 1. The van der Waals surface area contributed by atoms with Crippen molar-refractivity contribution in [1.29, 1.82) is 0 Å². The van der Waals surface area contributed by atoms with Crippen molar-refractivity contribution >= 4 is 43.9 Å². The molecule has 4 nitrogen and oxygen atoms in total. The van der Waals surface area contributed by atoms with Crippen LogP contribution in [0.25, 0.3) is 9.40 Å². The fourth-order valence-electron chi connectivity index (χ4n) is 1.42. The van der Waals surface area contributed by atoms with E-state index in [4.69, 9.17) is 5.11 Å². The average molecular weight is 255 g/mol. The molecule has 84 valence electrons. The van der Waals surface area contributed by atoms with Crippen LogP contribution < -0.4 is 5.32 Å². The maximum Gasteiger partial charge on any atom is 0.346 e. The van der Waals surface area contributed by atoms with Gasteiger partial charge in [-0.05, 0) is 11.4 Å². The SMILES string of the molecule is CC(=O)NCc1c(C(=O)O)sc2ccsc12. The highest BCUT2D eigenvalue weighted by molar-refractivity contribution is 7.28. The van der Waals surface area contributed by atoms with Crippen molar-refractivity contribution in [1.82, 2.24) is 5.32 Å². The Morgan fingerprint density at radius 2 is 2.25 bits per heavy atom. The van der Waals surface area contributed by atoms with Crippen LogP contribution in [0.4, 0.5) is 0 Å². The Morgan fingerprint density at radius 1 is 1.50 bits per heavy atom. The van der Waals surface area contributed by atoms with E-state index in [0.717, 1.165) is 9.40 Å². The molecule has 0 aliphatic heterocycles. The van der Waals surface area contributed by atoms with Crippen molar-refractivity contribution in [2.45, 2.75) is 13.5 Å². The van der Waals surface area contributed by atoms with Crippen molar-refractivity contribution in [2.75, 3.05) is 0 Å². The van der Waals surface area contributed by atoms with Crippen molar-refractivity contribution in [3.05, 3.63) is 21.9 Å². The van der Waals surface area contributed by atoms with Gasteiger partial charge in [0.05, 0.1) is 4.70 Å². The zero-order valence-electron chi connectivity index (χ0n) is 8.44. The molecule has 2 aromatic rings. The summed E-state index contributed by atoms with van der Waals surface area (Å²) in [6.45, 7) is 1.69. The molecule has 0 bridgehead atoms. The van der Waals surface area contributed by atoms with Crippen LogP contribution in [0.5, 0.6) is 0 Å². The molecule has 2 aromatic heterocycles. The topological polar surface area (TPSA) is 66.4 Å². The number of amides is 1. The first-order chi connectivity index (χ1) is 7.59. The second kappa shape index (κ2) is 4.23. The Hall–Kier alpha value is -1.40. The molecular weight excluding hydrogens is 246 g/mol. The van der Waals surface area contributed by atoms with Crippen molar-refractivity contribution in [3.63, 3.8) is 0 Å². The Kier molecular flexibility index (Phi) is 2.93. The lowest BCUT2D eigenvalue weighted by Crippen LogP contribution is -2.19. The summed E-state index contributed by atoms with van der Waals surface area (Å²) in [5, 5.41) is 13.6. The number of rotatable bonds is 3. The number of carboxylic acid groups (broad SMARTS) is 1. The molecule has 0 saturated heterocycles. The monoisotopic (exact) mass is 255 g/mol. The number of hydrogen-bond acceptors (Lipinski definition) is 4. The van der Waals surface area contributed by atoms with Gasteiger partial charge in [-0.25, -0.2) is 4.79 Å². The molecule has 0 spiro atoms. The zero-order valence-corrected chi connectivity index (χ0v) is 10.1. The van der Waals surface area contributed by atoms with Crippen molar-refractivity contribution in [3.8, 4) is 0 Å². The lowest BCUT2D eigenvalue weighted by Gasteiger charge is -2.01. The molecule has 1 amide bonds. The van der Waals surface area contributed by atoms with Gasteiger partial charge in [-0.15, -0.1) is 22.7 Å². The minimum Gasteiger partial charge on any atom is -0.477 e. The predicted molar refractivity (Wildman–Crippen MR) is 64.2 cm³/mol. The van der Waals surface area contributed by atoms with Crippen LogP contribution in [0.2, 0.25) is 0 Å². The molecule has 2 N–H and O–H groups in total. The van der Waals surface area contributed by atoms with Gasteiger partial charge < -0.3 is 10.4 Å². The van der Waals surface area contributed by atoms with E-state index in [1.165, 1.54) is 29.6 Å². The molecule has 0 aliphatic rings. The van der Waals surface area contributed by atoms with E-state index >= 15 is 0 Å². The number of hydrogen-bond donors (Lipinski definition) is 2. The smallest absolute Gasteiger partial charge is 0.346 e. The number of carbonyl (C=O) groups excluding carboxylic acids is 1. The molecule has 0 radical (unpaired) electrons. The minimum absolute atomic E-state index is 0.160. The van der Waals surface area contributed by atoms with Gasteiger partial charge >= 0.3 is 5.97 Å². The van der Waals surface area contributed by atoms with E-state index in [1.807, 2.05) is 11.4 Å². The highest BCUT2D eigenvalue weighted by Gasteiger charge is 2.18. The maximum atomic E-state index is 11.0. The van der Waals surface area contributed by atoms with E-state index in [0.29, 0.717) is 10.4 Å². The van der Waals surface area contributed by atoms with Crippen LogP contribution in [0.15, 0.2) is 11.4 Å².